The normalized spacial score (nSPS) is 20.4. The van der Waals surface area contributed by atoms with Crippen LogP contribution < -0.4 is 5.32 Å². The number of hydrogen-bond donors (Lipinski definition) is 1. The smallest absolute Gasteiger partial charge is 0.328 e. The first-order valence-electron chi connectivity index (χ1n) is 6.78. The zero-order valence-corrected chi connectivity index (χ0v) is 12.3. The lowest BCUT2D eigenvalue weighted by Crippen LogP contribution is -2.35. The molecule has 1 N–H and O–H groups in total. The van der Waals surface area contributed by atoms with E-state index in [0.29, 0.717) is 13.2 Å². The average Bonchev–Trinajstić information content (AvgIpc) is 3.02. The second-order valence-corrected chi connectivity index (χ2v) is 6.00. The van der Waals surface area contributed by atoms with Crippen molar-refractivity contribution in [3.05, 3.63) is 21.9 Å². The first-order valence-corrected chi connectivity index (χ1v) is 7.60. The zero-order chi connectivity index (χ0) is 13.7. The van der Waals surface area contributed by atoms with Gasteiger partial charge in [-0.1, -0.05) is 0 Å². The summed E-state index contributed by atoms with van der Waals surface area (Å²) in [6, 6.07) is 3.65. The largest absolute Gasteiger partial charge is 0.465 e. The van der Waals surface area contributed by atoms with Gasteiger partial charge in [-0.05, 0) is 38.8 Å². The van der Waals surface area contributed by atoms with Gasteiger partial charge in [-0.3, -0.25) is 5.32 Å². The molecule has 0 aromatic carbocycles. The van der Waals surface area contributed by atoms with Crippen molar-refractivity contribution >= 4 is 17.3 Å². The van der Waals surface area contributed by atoms with Gasteiger partial charge in [-0.15, -0.1) is 11.3 Å². The van der Waals surface area contributed by atoms with Crippen LogP contribution >= 0.6 is 11.3 Å². The highest BCUT2D eigenvalue weighted by Crippen LogP contribution is 2.24. The average molecular weight is 283 g/mol. The molecule has 0 aliphatic carbocycles. The van der Waals surface area contributed by atoms with E-state index in [2.05, 4.69) is 5.32 Å². The number of carbonyl (C=O) groups excluding carboxylic acids is 1. The minimum Gasteiger partial charge on any atom is -0.465 e. The van der Waals surface area contributed by atoms with Crippen LogP contribution in [-0.4, -0.2) is 31.8 Å². The summed E-state index contributed by atoms with van der Waals surface area (Å²) in [4.78, 5) is 14.2. The maximum Gasteiger partial charge on any atom is 0.328 e. The number of hydrogen-bond acceptors (Lipinski definition) is 5. The van der Waals surface area contributed by atoms with Gasteiger partial charge in [0.25, 0.3) is 0 Å². The molecule has 0 bridgehead atoms. The molecule has 0 amide bonds. The molecule has 1 aliphatic heterocycles. The van der Waals surface area contributed by atoms with Gasteiger partial charge in [0.1, 0.15) is 6.04 Å². The molecule has 1 aromatic heterocycles. The molecule has 2 atom stereocenters. The van der Waals surface area contributed by atoms with E-state index in [9.17, 15) is 4.79 Å². The minimum atomic E-state index is -0.372. The van der Waals surface area contributed by atoms with Gasteiger partial charge in [0.15, 0.2) is 0 Å². The molecule has 4 nitrogen and oxygen atoms in total. The third-order valence-electron chi connectivity index (χ3n) is 3.14. The number of esters is 1. The monoisotopic (exact) mass is 283 g/mol. The van der Waals surface area contributed by atoms with Crippen molar-refractivity contribution < 1.29 is 14.3 Å². The Morgan fingerprint density at radius 3 is 3.05 bits per heavy atom. The molecule has 5 heteroatoms. The highest BCUT2D eigenvalue weighted by Gasteiger charge is 2.25. The second kappa shape index (κ2) is 7.03. The maximum atomic E-state index is 12.0. The Balaban J connectivity index is 1.98. The van der Waals surface area contributed by atoms with Gasteiger partial charge >= 0.3 is 5.97 Å². The van der Waals surface area contributed by atoms with Crippen molar-refractivity contribution in [2.75, 3.05) is 19.8 Å². The number of ether oxygens (including phenoxy) is 2. The van der Waals surface area contributed by atoms with Crippen LogP contribution in [0, 0.1) is 6.92 Å². The lowest BCUT2D eigenvalue weighted by Gasteiger charge is -2.18. The van der Waals surface area contributed by atoms with Crippen LogP contribution in [0.5, 0.6) is 0 Å². The summed E-state index contributed by atoms with van der Waals surface area (Å²) in [6.07, 6.45) is 2.39. The summed E-state index contributed by atoms with van der Waals surface area (Å²) in [5.74, 6) is -0.206. The third-order valence-corrected chi connectivity index (χ3v) is 4.21. The van der Waals surface area contributed by atoms with Gasteiger partial charge in [-0.2, -0.15) is 0 Å². The van der Waals surface area contributed by atoms with Crippen molar-refractivity contribution in [2.24, 2.45) is 0 Å². The third kappa shape index (κ3) is 4.03. The molecular weight excluding hydrogens is 262 g/mol. The molecule has 1 aromatic rings. The maximum absolute atomic E-state index is 12.0. The van der Waals surface area contributed by atoms with Gasteiger partial charge in [0, 0.05) is 22.9 Å². The van der Waals surface area contributed by atoms with E-state index in [1.807, 2.05) is 26.0 Å². The quantitative estimate of drug-likeness (QED) is 0.815. The highest BCUT2D eigenvalue weighted by atomic mass is 32.1. The Morgan fingerprint density at radius 2 is 2.47 bits per heavy atom. The summed E-state index contributed by atoms with van der Waals surface area (Å²) >= 11 is 1.63. The number of nitrogens with one attached hydrogen (secondary N) is 1. The molecule has 1 fully saturated rings. The molecular formula is C14H21NO3S. The Labute approximate surface area is 118 Å². The predicted molar refractivity (Wildman–Crippen MR) is 75.4 cm³/mol. The molecule has 1 saturated heterocycles. The van der Waals surface area contributed by atoms with E-state index >= 15 is 0 Å². The Kier molecular flexibility index (Phi) is 5.36. The Morgan fingerprint density at radius 1 is 1.63 bits per heavy atom. The lowest BCUT2D eigenvalue weighted by atomic mass is 10.2. The summed E-state index contributed by atoms with van der Waals surface area (Å²) in [6.45, 7) is 5.79. The summed E-state index contributed by atoms with van der Waals surface area (Å²) in [5, 5.41) is 3.29. The van der Waals surface area contributed by atoms with Crippen molar-refractivity contribution in [3.8, 4) is 0 Å². The van der Waals surface area contributed by atoms with Crippen molar-refractivity contribution in [1.82, 2.24) is 5.32 Å². The van der Waals surface area contributed by atoms with Gasteiger partial charge in [0.2, 0.25) is 0 Å². The van der Waals surface area contributed by atoms with Gasteiger partial charge in [0.05, 0.1) is 12.7 Å². The van der Waals surface area contributed by atoms with E-state index in [1.165, 1.54) is 4.88 Å². The summed E-state index contributed by atoms with van der Waals surface area (Å²) < 4.78 is 10.7. The van der Waals surface area contributed by atoms with Crippen LogP contribution in [0.25, 0.3) is 0 Å². The van der Waals surface area contributed by atoms with Crippen LogP contribution in [0.1, 0.15) is 35.6 Å². The summed E-state index contributed by atoms with van der Waals surface area (Å²) in [5.41, 5.74) is 0. The van der Waals surface area contributed by atoms with Gasteiger partial charge < -0.3 is 9.47 Å². The van der Waals surface area contributed by atoms with E-state index < -0.39 is 0 Å². The fraction of sp³-hybridized carbons (Fsp3) is 0.643. The molecule has 1 aliphatic rings. The molecule has 0 saturated carbocycles. The van der Waals surface area contributed by atoms with Crippen LogP contribution in [0.2, 0.25) is 0 Å². The SMILES string of the molecule is CCOC(=O)C(NCC1CCCO1)c1ccc(C)s1. The first-order chi connectivity index (χ1) is 9.20. The van der Waals surface area contributed by atoms with Crippen molar-refractivity contribution in [1.29, 1.82) is 0 Å². The zero-order valence-electron chi connectivity index (χ0n) is 11.5. The van der Waals surface area contributed by atoms with Crippen LogP contribution in [0.15, 0.2) is 12.1 Å². The number of carbonyl (C=O) groups is 1. The van der Waals surface area contributed by atoms with E-state index in [1.54, 1.807) is 11.3 Å². The molecule has 19 heavy (non-hydrogen) atoms. The first kappa shape index (κ1) is 14.5. The second-order valence-electron chi connectivity index (χ2n) is 4.68. The topological polar surface area (TPSA) is 47.6 Å². The minimum absolute atomic E-state index is 0.206. The fourth-order valence-electron chi connectivity index (χ4n) is 2.19. The number of aryl methyl sites for hydroxylation is 1. The van der Waals surface area contributed by atoms with Crippen molar-refractivity contribution in [3.63, 3.8) is 0 Å². The Bertz CT molecular complexity index is 413. The molecule has 2 heterocycles. The van der Waals surface area contributed by atoms with Crippen molar-refractivity contribution in [2.45, 2.75) is 38.8 Å². The lowest BCUT2D eigenvalue weighted by molar-refractivity contribution is -0.145. The van der Waals surface area contributed by atoms with Crippen LogP contribution in [0.4, 0.5) is 0 Å². The predicted octanol–water partition coefficient (Wildman–Crippen LogP) is 2.43. The number of thiophene rings is 1. The van der Waals surface area contributed by atoms with Crippen LogP contribution in [0.3, 0.4) is 0 Å². The molecule has 2 rings (SSSR count). The van der Waals surface area contributed by atoms with E-state index in [-0.39, 0.29) is 18.1 Å². The standard InChI is InChI=1S/C14H21NO3S/c1-3-17-14(16)13(12-7-6-10(2)19-12)15-9-11-5-4-8-18-11/h6-7,11,13,15H,3-5,8-9H2,1-2H3. The van der Waals surface area contributed by atoms with Crippen LogP contribution in [-0.2, 0) is 14.3 Å². The molecule has 2 unspecified atom stereocenters. The van der Waals surface area contributed by atoms with Gasteiger partial charge in [-0.25, -0.2) is 4.79 Å². The highest BCUT2D eigenvalue weighted by molar-refractivity contribution is 7.12. The van der Waals surface area contributed by atoms with E-state index in [4.69, 9.17) is 9.47 Å². The molecule has 0 spiro atoms. The Hall–Kier alpha value is -0.910. The molecule has 0 radical (unpaired) electrons. The molecule has 106 valence electrons. The summed E-state index contributed by atoms with van der Waals surface area (Å²) in [7, 11) is 0. The number of rotatable bonds is 6. The van der Waals surface area contributed by atoms with E-state index in [0.717, 1.165) is 24.3 Å². The fourth-order valence-corrected chi connectivity index (χ4v) is 3.13.